The summed E-state index contributed by atoms with van der Waals surface area (Å²) in [6, 6.07) is 18.8. The van der Waals surface area contributed by atoms with E-state index in [1.54, 1.807) is 6.33 Å². The second kappa shape index (κ2) is 16.6. The quantitative estimate of drug-likeness (QED) is 0.0855. The maximum atomic E-state index is 12.2. The first-order valence-corrected chi connectivity index (χ1v) is 19.8. The van der Waals surface area contributed by atoms with E-state index in [1.807, 2.05) is 53.3 Å². The summed E-state index contributed by atoms with van der Waals surface area (Å²) in [6.07, 6.45) is 8.79. The fraction of sp³-hybridized carbons (Fsp3) is 0.489. The number of furan rings is 1. The Kier molecular flexibility index (Phi) is 13.3. The number of aromatic nitrogens is 2. The van der Waals surface area contributed by atoms with Gasteiger partial charge in [0.25, 0.3) is 0 Å². The molecule has 0 saturated heterocycles. The number of carbonyl (C=O) groups is 1. The number of carbonyl (C=O) groups excluding carboxylic acids is 1. The van der Waals surface area contributed by atoms with E-state index in [0.29, 0.717) is 16.9 Å². The molecule has 0 fully saturated rings. The van der Waals surface area contributed by atoms with Gasteiger partial charge in [0.05, 0.1) is 0 Å². The van der Waals surface area contributed by atoms with Gasteiger partial charge in [-0.2, -0.15) is 0 Å². The van der Waals surface area contributed by atoms with Gasteiger partial charge in [0, 0.05) is 63.6 Å². The first-order valence-electron chi connectivity index (χ1n) is 18.9. The van der Waals surface area contributed by atoms with Crippen LogP contribution in [0.15, 0.2) is 69.9 Å². The van der Waals surface area contributed by atoms with Crippen molar-refractivity contribution in [2.45, 2.75) is 136 Å². The second-order valence-corrected chi connectivity index (χ2v) is 17.2. The van der Waals surface area contributed by atoms with E-state index in [1.165, 1.54) is 40.3 Å². The number of aliphatic hydroxyl groups excluding tert-OH is 1. The van der Waals surface area contributed by atoms with E-state index in [4.69, 9.17) is 9.40 Å². The standard InChI is InChI=1S/C30H29N2OS.C15H28O2.Ir/c1-6-9-24-17(2)20-12-13-23-25(28(20)34-24)26-27(31-16-32-29(26)33-23)19-14-18-10-7-8-11-21(18)22(15-19)30(3,4)5;1-7-14(5,8-2)12(16)11-13(17)15(6,9-3)10-4;/h7-8,10-13,15-17,24H,6,9H2,1-5H3;11,16H,7-10H2,1-6H3;/q-1;;/b;12-11-;. The average molecular weight is 898 g/mol. The largest absolute Gasteiger partial charge is 0.512 e. The molecule has 5 aromatic rings. The van der Waals surface area contributed by atoms with Gasteiger partial charge in [-0.15, -0.1) is 40.9 Å². The summed E-state index contributed by atoms with van der Waals surface area (Å²) < 4.78 is 6.28. The molecule has 3 heterocycles. The number of benzene rings is 3. The van der Waals surface area contributed by atoms with E-state index in [-0.39, 0.29) is 47.9 Å². The molecule has 1 radical (unpaired) electrons. The number of hydrogen-bond donors (Lipinski definition) is 1. The van der Waals surface area contributed by atoms with Crippen molar-refractivity contribution in [2.75, 3.05) is 0 Å². The van der Waals surface area contributed by atoms with Gasteiger partial charge in [0.2, 0.25) is 5.71 Å². The van der Waals surface area contributed by atoms with Crippen LogP contribution in [0.5, 0.6) is 0 Å². The monoisotopic (exact) mass is 898 g/mol. The smallest absolute Gasteiger partial charge is 0.223 e. The Balaban J connectivity index is 0.000000289. The predicted octanol–water partition coefficient (Wildman–Crippen LogP) is 13.3. The molecule has 1 N–H and O–H groups in total. The number of ketones is 1. The molecule has 1 aliphatic rings. The summed E-state index contributed by atoms with van der Waals surface area (Å²) in [5, 5.41) is 15.3. The van der Waals surface area contributed by atoms with Crippen LogP contribution in [0.25, 0.3) is 44.1 Å². The van der Waals surface area contributed by atoms with Crippen LogP contribution in [0, 0.1) is 16.9 Å². The number of aliphatic hydroxyl groups is 1. The van der Waals surface area contributed by atoms with Crippen molar-refractivity contribution in [1.82, 2.24) is 9.97 Å². The minimum absolute atomic E-state index is 0. The third kappa shape index (κ3) is 7.93. The summed E-state index contributed by atoms with van der Waals surface area (Å²) in [5.41, 5.74) is 5.56. The Morgan fingerprint density at radius 2 is 1.58 bits per heavy atom. The van der Waals surface area contributed by atoms with E-state index in [2.05, 4.69) is 88.1 Å². The fourth-order valence-electron chi connectivity index (χ4n) is 7.08. The Morgan fingerprint density at radius 3 is 2.19 bits per heavy atom. The second-order valence-electron chi connectivity index (χ2n) is 15.9. The van der Waals surface area contributed by atoms with Crippen LogP contribution in [0.3, 0.4) is 0 Å². The Labute approximate surface area is 329 Å². The number of nitrogens with zero attached hydrogens (tertiary/aromatic N) is 2. The van der Waals surface area contributed by atoms with Gasteiger partial charge in [-0.1, -0.05) is 118 Å². The summed E-state index contributed by atoms with van der Waals surface area (Å²) in [7, 11) is 0. The van der Waals surface area contributed by atoms with Crippen molar-refractivity contribution < 1.29 is 34.4 Å². The molecule has 7 heteroatoms. The van der Waals surface area contributed by atoms with Gasteiger partial charge in [-0.05, 0) is 55.1 Å². The van der Waals surface area contributed by atoms with Crippen LogP contribution < -0.4 is 0 Å². The Hall–Kier alpha value is -2.99. The number of rotatable bonds is 10. The Morgan fingerprint density at radius 1 is 0.923 bits per heavy atom. The number of fused-ring (bicyclic) bond motifs is 6. The van der Waals surface area contributed by atoms with E-state index in [9.17, 15) is 9.90 Å². The van der Waals surface area contributed by atoms with Gasteiger partial charge < -0.3 is 9.52 Å². The van der Waals surface area contributed by atoms with Crippen molar-refractivity contribution in [3.8, 4) is 11.3 Å². The third-order valence-electron chi connectivity index (χ3n) is 11.8. The van der Waals surface area contributed by atoms with Crippen LogP contribution in [0.2, 0.25) is 0 Å². The van der Waals surface area contributed by atoms with Gasteiger partial charge in [-0.25, -0.2) is 4.98 Å². The number of allylic oxidation sites excluding steroid dienone is 2. The molecule has 2 atom stereocenters. The summed E-state index contributed by atoms with van der Waals surface area (Å²) >= 11 is 2.01. The first-order chi connectivity index (χ1) is 24.2. The maximum absolute atomic E-state index is 12.2. The molecule has 3 aromatic carbocycles. The molecular weight excluding hydrogens is 841 g/mol. The molecule has 0 bridgehead atoms. The maximum Gasteiger partial charge on any atom is 0.223 e. The van der Waals surface area contributed by atoms with Crippen LogP contribution in [-0.4, -0.2) is 26.1 Å². The molecule has 5 nitrogen and oxygen atoms in total. The molecule has 52 heavy (non-hydrogen) atoms. The third-order valence-corrected chi connectivity index (χ3v) is 13.4. The van der Waals surface area contributed by atoms with Crippen molar-refractivity contribution in [1.29, 1.82) is 0 Å². The van der Waals surface area contributed by atoms with Crippen molar-refractivity contribution in [3.05, 3.63) is 77.8 Å². The van der Waals surface area contributed by atoms with Crippen molar-refractivity contribution >= 4 is 50.4 Å². The molecule has 0 spiro atoms. The van der Waals surface area contributed by atoms with E-state index < -0.39 is 0 Å². The number of thioether (sulfide) groups is 1. The average Bonchev–Trinajstić information content (AvgIpc) is 3.67. The molecule has 0 saturated carbocycles. The molecule has 2 aromatic heterocycles. The van der Waals surface area contributed by atoms with Gasteiger partial charge in [0.1, 0.15) is 17.7 Å². The topological polar surface area (TPSA) is 76.2 Å². The minimum Gasteiger partial charge on any atom is -0.512 e. The Bertz CT molecular complexity index is 2070. The normalized spacial score (nSPS) is 16.5. The number of hydrogen-bond acceptors (Lipinski definition) is 6. The van der Waals surface area contributed by atoms with Crippen LogP contribution >= 0.6 is 11.8 Å². The molecule has 0 amide bonds. The zero-order valence-electron chi connectivity index (χ0n) is 33.0. The van der Waals surface area contributed by atoms with E-state index in [0.717, 1.165) is 58.7 Å². The molecule has 6 rings (SSSR count). The summed E-state index contributed by atoms with van der Waals surface area (Å²) in [6.45, 7) is 23.5. The molecule has 1 aliphatic heterocycles. The zero-order valence-corrected chi connectivity index (χ0v) is 36.2. The van der Waals surface area contributed by atoms with Gasteiger partial charge in [0.15, 0.2) is 5.78 Å². The SMILES string of the molecule is CCC(C)(CC)C(=O)/C=C(\O)C(C)(CC)CC.CCCC1Sc2c(ccc3oc4ncnc(-c5[c-]c6ccccc6c(C(C)(C)C)c5)c4c23)C1C.[Ir]. The van der Waals surface area contributed by atoms with Crippen LogP contribution in [0.4, 0.5) is 0 Å². The molecule has 0 aliphatic carbocycles. The predicted molar refractivity (Wildman–Crippen MR) is 216 cm³/mol. The van der Waals surface area contributed by atoms with Gasteiger partial charge in [-0.3, -0.25) is 9.78 Å². The van der Waals surface area contributed by atoms with E-state index >= 15 is 0 Å². The fourth-order valence-corrected chi connectivity index (χ4v) is 8.79. The zero-order chi connectivity index (χ0) is 37.3. The summed E-state index contributed by atoms with van der Waals surface area (Å²) in [4.78, 5) is 22.9. The molecule has 281 valence electrons. The van der Waals surface area contributed by atoms with Crippen molar-refractivity contribution in [2.24, 2.45) is 10.8 Å². The first kappa shape index (κ1) is 41.8. The summed E-state index contributed by atoms with van der Waals surface area (Å²) in [5.74, 6) is 0.816. The minimum atomic E-state index is -0.337. The van der Waals surface area contributed by atoms with Crippen molar-refractivity contribution in [3.63, 3.8) is 0 Å². The van der Waals surface area contributed by atoms with Crippen LogP contribution in [-0.2, 0) is 30.3 Å². The van der Waals surface area contributed by atoms with Crippen LogP contribution in [0.1, 0.15) is 132 Å². The molecular formula is C45H57IrN2O3S-. The van der Waals surface area contributed by atoms with Gasteiger partial charge >= 0.3 is 0 Å². The molecule has 2 unspecified atom stereocenters.